The van der Waals surface area contributed by atoms with Crippen LogP contribution < -0.4 is 0 Å². The predicted octanol–water partition coefficient (Wildman–Crippen LogP) is 11.1. The molecule has 0 bridgehead atoms. The van der Waals surface area contributed by atoms with Crippen molar-refractivity contribution in [1.82, 2.24) is 19.5 Å². The molecule has 0 aliphatic heterocycles. The second-order valence-corrected chi connectivity index (χ2v) is 14.2. The van der Waals surface area contributed by atoms with Gasteiger partial charge in [0.25, 0.3) is 0 Å². The number of hydrogen-bond donors (Lipinski definition) is 0. The first kappa shape index (κ1) is 30.1. The Kier molecular flexibility index (Phi) is 7.25. The summed E-state index contributed by atoms with van der Waals surface area (Å²) in [5.74, 6) is 1.60. The Hall–Kier alpha value is -5.60. The van der Waals surface area contributed by atoms with Crippen molar-refractivity contribution >= 4 is 27.5 Å². The molecule has 0 amide bonds. The minimum Gasteiger partial charge on any atom is -0.309 e. The molecule has 0 aliphatic carbocycles. The van der Waals surface area contributed by atoms with Crippen LogP contribution in [0.4, 0.5) is 5.69 Å². The average Bonchev–Trinajstić information content (AvgIpc) is 3.41. The fourth-order valence-electron chi connectivity index (χ4n) is 6.10. The molecule has 0 atom stereocenters. The van der Waals surface area contributed by atoms with E-state index in [1.54, 1.807) is 0 Å². The lowest BCUT2D eigenvalue weighted by atomic mass is 9.85. The number of hydrogen-bond acceptors (Lipinski definition) is 3. The van der Waals surface area contributed by atoms with E-state index in [2.05, 4.69) is 93.4 Å². The molecule has 0 radical (unpaired) electrons. The average molecular weight is 612 g/mol. The fraction of sp³-hybridized carbons (Fsp3) is 0.190. The Balaban J connectivity index is 1.49. The predicted molar refractivity (Wildman–Crippen MR) is 194 cm³/mol. The number of rotatable bonds is 4. The molecule has 0 spiro atoms. The zero-order valence-corrected chi connectivity index (χ0v) is 27.7. The highest BCUT2D eigenvalue weighted by Crippen LogP contribution is 2.39. The van der Waals surface area contributed by atoms with Crippen molar-refractivity contribution < 1.29 is 0 Å². The summed E-state index contributed by atoms with van der Waals surface area (Å²) in [4.78, 5) is 18.7. The van der Waals surface area contributed by atoms with Crippen molar-refractivity contribution in [2.75, 3.05) is 0 Å². The third-order valence-corrected chi connectivity index (χ3v) is 8.80. The van der Waals surface area contributed by atoms with E-state index < -0.39 is 0 Å². The van der Waals surface area contributed by atoms with Gasteiger partial charge in [-0.25, -0.2) is 19.8 Å². The van der Waals surface area contributed by atoms with Crippen molar-refractivity contribution in [3.05, 3.63) is 138 Å². The van der Waals surface area contributed by atoms with Crippen LogP contribution in [-0.2, 0) is 10.8 Å². The molecule has 2 aromatic heterocycles. The summed E-state index contributed by atoms with van der Waals surface area (Å²) in [6.07, 6.45) is 0. The van der Waals surface area contributed by atoms with Gasteiger partial charge in [-0.2, -0.15) is 0 Å². The smallest absolute Gasteiger partial charge is 0.198 e. The Morgan fingerprint density at radius 3 is 1.45 bits per heavy atom. The summed E-state index contributed by atoms with van der Waals surface area (Å²) < 4.78 is 2.30. The van der Waals surface area contributed by atoms with Crippen LogP contribution in [0.1, 0.15) is 52.7 Å². The van der Waals surface area contributed by atoms with Crippen LogP contribution in [0.2, 0.25) is 0 Å². The standard InChI is InChI=1S/C42H37N5/c1-41(2,3)29-18-22-36-32(24-29)33-25-30(42(4,5)6)19-23-37(33)47(36)31-20-21-35(43-7)34(26-31)40-45-38(27-14-10-8-11-15-27)44-39(46-40)28-16-12-9-13-17-28/h8-26H,1-6H3. The van der Waals surface area contributed by atoms with Crippen molar-refractivity contribution in [3.8, 4) is 39.9 Å². The monoisotopic (exact) mass is 611 g/mol. The minimum atomic E-state index is 0.0142. The molecule has 5 nitrogen and oxygen atoms in total. The molecule has 2 heterocycles. The molecule has 0 saturated heterocycles. The molecule has 7 aromatic rings. The van der Waals surface area contributed by atoms with E-state index in [4.69, 9.17) is 21.5 Å². The van der Waals surface area contributed by atoms with Gasteiger partial charge in [0.15, 0.2) is 23.2 Å². The lowest BCUT2D eigenvalue weighted by molar-refractivity contribution is 0.590. The quantitative estimate of drug-likeness (QED) is 0.186. The molecule has 47 heavy (non-hydrogen) atoms. The minimum absolute atomic E-state index is 0.0142. The first-order chi connectivity index (χ1) is 22.5. The molecule has 7 rings (SSSR count). The van der Waals surface area contributed by atoms with E-state index in [1.165, 1.54) is 21.9 Å². The molecule has 0 unspecified atom stereocenters. The topological polar surface area (TPSA) is 48.0 Å². The highest BCUT2D eigenvalue weighted by Gasteiger charge is 2.22. The normalized spacial score (nSPS) is 12.0. The maximum atomic E-state index is 8.09. The summed E-state index contributed by atoms with van der Waals surface area (Å²) in [5.41, 5.74) is 8.73. The highest BCUT2D eigenvalue weighted by atomic mass is 15.0. The van der Waals surface area contributed by atoms with E-state index in [9.17, 15) is 0 Å². The lowest BCUT2D eigenvalue weighted by Gasteiger charge is -2.19. The van der Waals surface area contributed by atoms with Gasteiger partial charge in [0.1, 0.15) is 0 Å². The summed E-state index contributed by atoms with van der Waals surface area (Å²) in [6, 6.07) is 39.5. The van der Waals surface area contributed by atoms with Crippen LogP contribution in [0.15, 0.2) is 115 Å². The molecule has 5 heteroatoms. The number of fused-ring (bicyclic) bond motifs is 3. The summed E-state index contributed by atoms with van der Waals surface area (Å²) in [5, 5.41) is 2.43. The first-order valence-electron chi connectivity index (χ1n) is 16.0. The van der Waals surface area contributed by atoms with Gasteiger partial charge < -0.3 is 4.57 Å². The molecule has 5 aromatic carbocycles. The molecule has 0 aliphatic rings. The molecule has 0 N–H and O–H groups in total. The Labute approximate surface area is 276 Å². The lowest BCUT2D eigenvalue weighted by Crippen LogP contribution is -2.10. The van der Waals surface area contributed by atoms with E-state index >= 15 is 0 Å². The summed E-state index contributed by atoms with van der Waals surface area (Å²) in [7, 11) is 0. The van der Waals surface area contributed by atoms with Crippen LogP contribution >= 0.6 is 0 Å². The van der Waals surface area contributed by atoms with Crippen LogP contribution in [0.3, 0.4) is 0 Å². The molecule has 0 fully saturated rings. The fourth-order valence-corrected chi connectivity index (χ4v) is 6.10. The largest absolute Gasteiger partial charge is 0.309 e. The summed E-state index contributed by atoms with van der Waals surface area (Å²) >= 11 is 0. The zero-order valence-electron chi connectivity index (χ0n) is 27.7. The summed E-state index contributed by atoms with van der Waals surface area (Å²) in [6.45, 7) is 21.6. The third-order valence-electron chi connectivity index (χ3n) is 8.80. The molecule has 230 valence electrons. The maximum Gasteiger partial charge on any atom is 0.198 e. The number of benzene rings is 5. The van der Waals surface area contributed by atoms with E-state index in [-0.39, 0.29) is 10.8 Å². The second kappa shape index (κ2) is 11.3. The Morgan fingerprint density at radius 2 is 1.00 bits per heavy atom. The van der Waals surface area contributed by atoms with Gasteiger partial charge in [0, 0.05) is 33.2 Å². The van der Waals surface area contributed by atoms with Gasteiger partial charge in [0.2, 0.25) is 0 Å². The molecular weight excluding hydrogens is 574 g/mol. The SMILES string of the molecule is [C-]#[N+]c1ccc(-n2c3ccc(C(C)(C)C)cc3c3cc(C(C)(C)C)ccc32)cc1-c1nc(-c2ccccc2)nc(-c2ccccc2)n1. The van der Waals surface area contributed by atoms with E-state index in [0.717, 1.165) is 27.8 Å². The zero-order chi connectivity index (χ0) is 32.9. The maximum absolute atomic E-state index is 8.09. The van der Waals surface area contributed by atoms with Crippen molar-refractivity contribution in [3.63, 3.8) is 0 Å². The van der Waals surface area contributed by atoms with Crippen LogP contribution in [-0.4, -0.2) is 19.5 Å². The number of aromatic nitrogens is 4. The Bertz CT molecular complexity index is 2180. The van der Waals surface area contributed by atoms with Gasteiger partial charge in [-0.05, 0) is 58.4 Å². The van der Waals surface area contributed by atoms with Crippen molar-refractivity contribution in [2.45, 2.75) is 52.4 Å². The number of nitrogens with zero attached hydrogens (tertiary/aromatic N) is 5. The molecular formula is C42H37N5. The molecule has 0 saturated carbocycles. The highest BCUT2D eigenvalue weighted by molar-refractivity contribution is 6.10. The van der Waals surface area contributed by atoms with Crippen molar-refractivity contribution in [1.29, 1.82) is 0 Å². The van der Waals surface area contributed by atoms with Gasteiger partial charge in [-0.3, -0.25) is 0 Å². The second-order valence-electron chi connectivity index (χ2n) is 14.2. The van der Waals surface area contributed by atoms with Gasteiger partial charge in [-0.15, -0.1) is 0 Å². The van der Waals surface area contributed by atoms with Gasteiger partial charge in [-0.1, -0.05) is 120 Å². The van der Waals surface area contributed by atoms with Crippen molar-refractivity contribution in [2.24, 2.45) is 0 Å². The van der Waals surface area contributed by atoms with Crippen LogP contribution in [0.25, 0.3) is 66.5 Å². The third kappa shape index (κ3) is 5.57. The van der Waals surface area contributed by atoms with Gasteiger partial charge in [0.05, 0.1) is 17.6 Å². The first-order valence-corrected chi connectivity index (χ1v) is 16.0. The van der Waals surface area contributed by atoms with Crippen LogP contribution in [0, 0.1) is 6.57 Å². The van der Waals surface area contributed by atoms with Gasteiger partial charge >= 0.3 is 0 Å². The van der Waals surface area contributed by atoms with Crippen LogP contribution in [0.5, 0.6) is 0 Å². The van der Waals surface area contributed by atoms with E-state index in [0.29, 0.717) is 28.7 Å². The van der Waals surface area contributed by atoms with E-state index in [1.807, 2.05) is 72.8 Å². The Morgan fingerprint density at radius 1 is 0.532 bits per heavy atom.